The number of hydrogen-bond donors (Lipinski definition) is 0. The molecule has 0 fully saturated rings. The van der Waals surface area contributed by atoms with Gasteiger partial charge in [0.2, 0.25) is 0 Å². The molecule has 5 nitrogen and oxygen atoms in total. The Morgan fingerprint density at radius 2 is 2.00 bits per heavy atom. The van der Waals surface area contributed by atoms with E-state index < -0.39 is 0 Å². The largest absolute Gasteiger partial charge is 0.427 e. The maximum Gasteiger partial charge on any atom is 0.311 e. The molecular formula is C16H18N2O3S. The van der Waals surface area contributed by atoms with E-state index in [2.05, 4.69) is 4.98 Å². The average molecular weight is 318 g/mol. The molecule has 0 spiro atoms. The van der Waals surface area contributed by atoms with Crippen LogP contribution in [0.3, 0.4) is 0 Å². The van der Waals surface area contributed by atoms with Crippen molar-refractivity contribution in [2.45, 2.75) is 24.4 Å². The number of aryl methyl sites for hydroxylation is 1. The molecule has 0 N–H and O–H groups in total. The van der Waals surface area contributed by atoms with Crippen LogP contribution in [-0.4, -0.2) is 27.1 Å². The normalized spacial score (nSPS) is 10.4. The topological polar surface area (TPSA) is 61.2 Å². The third kappa shape index (κ3) is 5.37. The first-order chi connectivity index (χ1) is 10.6. The van der Waals surface area contributed by atoms with Crippen molar-refractivity contribution in [2.75, 3.05) is 5.75 Å². The zero-order valence-corrected chi connectivity index (χ0v) is 13.2. The molecule has 0 aliphatic carbocycles. The molecule has 0 bridgehead atoms. The fourth-order valence-electron chi connectivity index (χ4n) is 1.81. The average Bonchev–Trinajstić information content (AvgIpc) is 2.91. The van der Waals surface area contributed by atoms with Crippen molar-refractivity contribution < 1.29 is 14.3 Å². The van der Waals surface area contributed by atoms with E-state index in [1.807, 2.05) is 23.9 Å². The highest BCUT2D eigenvalue weighted by molar-refractivity contribution is 7.99. The van der Waals surface area contributed by atoms with Gasteiger partial charge in [-0.1, -0.05) is 30.0 Å². The number of carbonyl (C=O) groups excluding carboxylic acids is 2. The molecule has 0 saturated heterocycles. The first kappa shape index (κ1) is 16.3. The summed E-state index contributed by atoms with van der Waals surface area (Å²) < 4.78 is 7.03. The van der Waals surface area contributed by atoms with Crippen LogP contribution in [0, 0.1) is 0 Å². The second-order valence-electron chi connectivity index (χ2n) is 4.79. The predicted molar refractivity (Wildman–Crippen MR) is 84.9 cm³/mol. The Morgan fingerprint density at radius 1 is 1.23 bits per heavy atom. The Morgan fingerprint density at radius 3 is 2.68 bits per heavy atom. The zero-order chi connectivity index (χ0) is 15.8. The van der Waals surface area contributed by atoms with Gasteiger partial charge in [0.1, 0.15) is 11.5 Å². The lowest BCUT2D eigenvalue weighted by atomic mass is 10.2. The summed E-state index contributed by atoms with van der Waals surface area (Å²) in [6.45, 7) is 0. The molecule has 22 heavy (non-hydrogen) atoms. The molecule has 2 aromatic rings. The number of benzene rings is 1. The van der Waals surface area contributed by atoms with Crippen LogP contribution in [0.5, 0.6) is 5.75 Å². The lowest BCUT2D eigenvalue weighted by molar-refractivity contribution is -0.134. The highest BCUT2D eigenvalue weighted by Crippen LogP contribution is 2.16. The minimum atomic E-state index is -0.309. The second kappa shape index (κ2) is 8.38. The SMILES string of the molecule is Cn1ccnc1SCC(=O)CCCC(=O)Oc1ccccc1. The molecular weight excluding hydrogens is 300 g/mol. The molecule has 6 heteroatoms. The van der Waals surface area contributed by atoms with Gasteiger partial charge < -0.3 is 9.30 Å². The molecule has 1 aromatic heterocycles. The number of imidazole rings is 1. The third-order valence-corrected chi connectivity index (χ3v) is 4.07. The Kier molecular flexibility index (Phi) is 6.21. The number of nitrogens with zero attached hydrogens (tertiary/aromatic N) is 2. The van der Waals surface area contributed by atoms with Gasteiger partial charge in [0.25, 0.3) is 0 Å². The molecule has 1 aromatic carbocycles. The van der Waals surface area contributed by atoms with Gasteiger partial charge in [0.05, 0.1) is 5.75 Å². The van der Waals surface area contributed by atoms with Crippen molar-refractivity contribution in [3.05, 3.63) is 42.7 Å². The van der Waals surface area contributed by atoms with E-state index >= 15 is 0 Å². The van der Waals surface area contributed by atoms with E-state index in [0.717, 1.165) is 5.16 Å². The molecule has 0 saturated carbocycles. The number of rotatable bonds is 8. The van der Waals surface area contributed by atoms with E-state index in [0.29, 0.717) is 24.3 Å². The van der Waals surface area contributed by atoms with E-state index in [-0.39, 0.29) is 18.2 Å². The lowest BCUT2D eigenvalue weighted by Gasteiger charge is -2.04. The summed E-state index contributed by atoms with van der Waals surface area (Å²) in [6.07, 6.45) is 4.67. The molecule has 2 rings (SSSR count). The number of Topliss-reactive ketones (excluding diaryl/α,β-unsaturated/α-hetero) is 1. The third-order valence-electron chi connectivity index (χ3n) is 2.95. The van der Waals surface area contributed by atoms with Crippen molar-refractivity contribution in [2.24, 2.45) is 7.05 Å². The Hall–Kier alpha value is -2.08. The lowest BCUT2D eigenvalue weighted by Crippen LogP contribution is -2.09. The quantitative estimate of drug-likeness (QED) is 0.425. The van der Waals surface area contributed by atoms with Crippen LogP contribution < -0.4 is 4.74 Å². The van der Waals surface area contributed by atoms with Crippen LogP contribution in [0.15, 0.2) is 47.9 Å². The van der Waals surface area contributed by atoms with Crippen molar-refractivity contribution in [3.63, 3.8) is 0 Å². The van der Waals surface area contributed by atoms with Gasteiger partial charge in [-0.05, 0) is 18.6 Å². The minimum Gasteiger partial charge on any atom is -0.427 e. The molecule has 0 amide bonds. The Bertz CT molecular complexity index is 625. The Labute approximate surface area is 133 Å². The van der Waals surface area contributed by atoms with Gasteiger partial charge >= 0.3 is 5.97 Å². The number of ketones is 1. The maximum absolute atomic E-state index is 11.8. The number of para-hydroxylation sites is 1. The van der Waals surface area contributed by atoms with Crippen LogP contribution in [0.4, 0.5) is 0 Å². The Balaban J connectivity index is 1.62. The van der Waals surface area contributed by atoms with Crippen molar-refractivity contribution >= 4 is 23.5 Å². The number of aromatic nitrogens is 2. The summed E-state index contributed by atoms with van der Waals surface area (Å²) in [5, 5.41) is 0.817. The van der Waals surface area contributed by atoms with Crippen molar-refractivity contribution in [1.29, 1.82) is 0 Å². The first-order valence-electron chi connectivity index (χ1n) is 7.02. The standard InChI is InChI=1S/C16H18N2O3S/c1-18-11-10-17-16(18)22-12-13(19)6-5-9-15(20)21-14-7-3-2-4-8-14/h2-4,7-8,10-11H,5-6,9,12H2,1H3. The summed E-state index contributed by atoms with van der Waals surface area (Å²) >= 11 is 1.41. The van der Waals surface area contributed by atoms with Crippen molar-refractivity contribution in [1.82, 2.24) is 9.55 Å². The number of hydrogen-bond acceptors (Lipinski definition) is 5. The van der Waals surface area contributed by atoms with Crippen LogP contribution in [0.25, 0.3) is 0 Å². The van der Waals surface area contributed by atoms with Gasteiger partial charge in [-0.15, -0.1) is 0 Å². The monoisotopic (exact) mass is 318 g/mol. The van der Waals surface area contributed by atoms with Crippen LogP contribution in [-0.2, 0) is 16.6 Å². The molecule has 0 unspecified atom stereocenters. The number of thioether (sulfide) groups is 1. The van der Waals surface area contributed by atoms with E-state index in [9.17, 15) is 9.59 Å². The minimum absolute atomic E-state index is 0.112. The summed E-state index contributed by atoms with van der Waals surface area (Å²) in [5.74, 6) is 0.707. The fourth-order valence-corrected chi connectivity index (χ4v) is 2.64. The first-order valence-corrected chi connectivity index (χ1v) is 8.01. The van der Waals surface area contributed by atoms with Gasteiger partial charge in [-0.25, -0.2) is 4.98 Å². The van der Waals surface area contributed by atoms with Crippen LogP contribution in [0.2, 0.25) is 0 Å². The van der Waals surface area contributed by atoms with Crippen LogP contribution in [0.1, 0.15) is 19.3 Å². The van der Waals surface area contributed by atoms with Crippen molar-refractivity contribution in [3.8, 4) is 5.75 Å². The highest BCUT2D eigenvalue weighted by atomic mass is 32.2. The smallest absolute Gasteiger partial charge is 0.311 e. The van der Waals surface area contributed by atoms with Gasteiger partial charge in [-0.3, -0.25) is 9.59 Å². The fraction of sp³-hybridized carbons (Fsp3) is 0.312. The van der Waals surface area contributed by atoms with Gasteiger partial charge in [-0.2, -0.15) is 0 Å². The zero-order valence-electron chi connectivity index (χ0n) is 12.4. The van der Waals surface area contributed by atoms with E-state index in [4.69, 9.17) is 4.74 Å². The summed E-state index contributed by atoms with van der Waals surface area (Å²) in [4.78, 5) is 27.6. The van der Waals surface area contributed by atoms with Gasteiger partial charge in [0, 0.05) is 32.3 Å². The summed E-state index contributed by atoms with van der Waals surface area (Å²) in [5.41, 5.74) is 0. The van der Waals surface area contributed by atoms with Gasteiger partial charge in [0.15, 0.2) is 5.16 Å². The van der Waals surface area contributed by atoms with E-state index in [1.54, 1.807) is 30.5 Å². The number of ether oxygens (including phenoxy) is 1. The highest BCUT2D eigenvalue weighted by Gasteiger charge is 2.09. The second-order valence-corrected chi connectivity index (χ2v) is 5.73. The molecule has 0 radical (unpaired) electrons. The molecule has 116 valence electrons. The number of carbonyl (C=O) groups is 2. The molecule has 0 aliphatic rings. The predicted octanol–water partition coefficient (Wildman–Crippen LogP) is 2.86. The number of esters is 1. The maximum atomic E-state index is 11.8. The summed E-state index contributed by atoms with van der Waals surface area (Å²) in [7, 11) is 1.89. The molecule has 1 heterocycles. The van der Waals surface area contributed by atoms with E-state index in [1.165, 1.54) is 11.8 Å². The molecule has 0 aliphatic heterocycles. The molecule has 0 atom stereocenters. The summed E-state index contributed by atoms with van der Waals surface area (Å²) in [6, 6.07) is 8.93. The van der Waals surface area contributed by atoms with Crippen LogP contribution >= 0.6 is 11.8 Å².